The highest BCUT2D eigenvalue weighted by Crippen LogP contribution is 2.32. The molecule has 0 saturated carbocycles. The molecule has 0 saturated heterocycles. The molecule has 0 amide bonds. The number of rotatable bonds is 4. The molecule has 104 valence electrons. The van der Waals surface area contributed by atoms with Gasteiger partial charge in [-0.05, 0) is 24.6 Å². The van der Waals surface area contributed by atoms with E-state index in [-0.39, 0.29) is 15.7 Å². The second-order valence-electron chi connectivity index (χ2n) is 3.75. The highest BCUT2D eigenvalue weighted by atomic mass is 35.5. The van der Waals surface area contributed by atoms with Gasteiger partial charge < -0.3 is 5.11 Å². The lowest BCUT2D eigenvalue weighted by Gasteiger charge is -2.09. The number of carboxylic acid groups (broad SMARTS) is 1. The number of carboxylic acids is 1. The molecule has 0 spiro atoms. The monoisotopic (exact) mass is 342 g/mol. The molecule has 1 aromatic rings. The molecule has 19 heavy (non-hydrogen) atoms. The van der Waals surface area contributed by atoms with Gasteiger partial charge in [0.25, 0.3) is 0 Å². The van der Waals surface area contributed by atoms with E-state index in [1.54, 1.807) is 0 Å². The SMILES string of the molecule is C/C(=C/Cl)CS(=O)(=O)c1ccc(Cl)c(C(=O)O)c1Cl. The predicted octanol–water partition coefficient (Wildman–Crippen LogP) is 3.61. The van der Waals surface area contributed by atoms with Gasteiger partial charge in [-0.2, -0.15) is 0 Å². The molecule has 8 heteroatoms. The summed E-state index contributed by atoms with van der Waals surface area (Å²) in [7, 11) is -3.78. The number of hydrogen-bond donors (Lipinski definition) is 1. The number of carbonyl (C=O) groups is 1. The third-order valence-electron chi connectivity index (χ3n) is 2.21. The van der Waals surface area contributed by atoms with E-state index in [4.69, 9.17) is 39.9 Å². The number of aromatic carboxylic acids is 1. The van der Waals surface area contributed by atoms with Crippen molar-refractivity contribution in [3.8, 4) is 0 Å². The number of benzene rings is 1. The van der Waals surface area contributed by atoms with Crippen molar-refractivity contribution >= 4 is 50.6 Å². The van der Waals surface area contributed by atoms with Gasteiger partial charge >= 0.3 is 5.97 Å². The first-order chi connectivity index (χ1) is 8.70. The van der Waals surface area contributed by atoms with Crippen LogP contribution in [0.15, 0.2) is 28.1 Å². The molecule has 0 fully saturated rings. The van der Waals surface area contributed by atoms with Gasteiger partial charge in [-0.15, -0.1) is 0 Å². The maximum Gasteiger partial charge on any atom is 0.338 e. The van der Waals surface area contributed by atoms with E-state index in [1.807, 2.05) is 0 Å². The van der Waals surface area contributed by atoms with E-state index >= 15 is 0 Å². The van der Waals surface area contributed by atoms with Gasteiger partial charge in [0.15, 0.2) is 9.84 Å². The third kappa shape index (κ3) is 3.63. The zero-order chi connectivity index (χ0) is 14.8. The first kappa shape index (κ1) is 16.3. The van der Waals surface area contributed by atoms with Crippen molar-refractivity contribution < 1.29 is 18.3 Å². The molecule has 0 aliphatic heterocycles. The van der Waals surface area contributed by atoms with Crippen molar-refractivity contribution in [3.63, 3.8) is 0 Å². The average molecular weight is 344 g/mol. The first-order valence-corrected chi connectivity index (χ1v) is 7.75. The molecular formula is C11H9Cl3O4S. The van der Waals surface area contributed by atoms with Crippen LogP contribution in [0.3, 0.4) is 0 Å². The van der Waals surface area contributed by atoms with Crippen LogP contribution in [0.5, 0.6) is 0 Å². The number of hydrogen-bond acceptors (Lipinski definition) is 3. The van der Waals surface area contributed by atoms with Gasteiger partial charge in [0.05, 0.1) is 26.3 Å². The summed E-state index contributed by atoms with van der Waals surface area (Å²) in [4.78, 5) is 10.7. The van der Waals surface area contributed by atoms with Crippen LogP contribution >= 0.6 is 34.8 Å². The summed E-state index contributed by atoms with van der Waals surface area (Å²) in [5, 5.41) is 8.44. The molecule has 0 heterocycles. The summed E-state index contributed by atoms with van der Waals surface area (Å²) in [6.07, 6.45) is 0. The van der Waals surface area contributed by atoms with Crippen LogP contribution in [0, 0.1) is 0 Å². The van der Waals surface area contributed by atoms with E-state index in [9.17, 15) is 13.2 Å². The van der Waals surface area contributed by atoms with Crippen molar-refractivity contribution in [3.05, 3.63) is 38.8 Å². The predicted molar refractivity (Wildman–Crippen MR) is 75.1 cm³/mol. The summed E-state index contributed by atoms with van der Waals surface area (Å²) in [5.41, 5.74) is 1.11. The van der Waals surface area contributed by atoms with Crippen LogP contribution in [-0.2, 0) is 9.84 Å². The zero-order valence-corrected chi connectivity index (χ0v) is 12.7. The van der Waals surface area contributed by atoms with Gasteiger partial charge in [0, 0.05) is 5.54 Å². The Bertz CT molecular complexity index is 650. The van der Waals surface area contributed by atoms with Crippen molar-refractivity contribution in [1.29, 1.82) is 0 Å². The Morgan fingerprint density at radius 1 is 1.37 bits per heavy atom. The molecule has 0 bridgehead atoms. The summed E-state index contributed by atoms with van der Waals surface area (Å²) < 4.78 is 24.2. The molecule has 1 aromatic carbocycles. The van der Waals surface area contributed by atoms with E-state index in [0.29, 0.717) is 5.57 Å². The summed E-state index contributed by atoms with van der Waals surface area (Å²) >= 11 is 16.9. The van der Waals surface area contributed by atoms with E-state index in [1.165, 1.54) is 19.1 Å². The summed E-state index contributed by atoms with van der Waals surface area (Å²) in [6, 6.07) is 2.36. The molecule has 1 N–H and O–H groups in total. The standard InChI is InChI=1S/C11H9Cl3O4S/c1-6(4-12)5-19(17,18)8-3-2-7(13)9(10(8)14)11(15)16/h2-4H,5H2,1H3,(H,15,16)/b6-4-. The molecule has 0 aromatic heterocycles. The molecule has 4 nitrogen and oxygen atoms in total. The smallest absolute Gasteiger partial charge is 0.338 e. The molecule has 0 aliphatic rings. The second kappa shape index (κ2) is 6.13. The Hall–Kier alpha value is -0.750. The van der Waals surface area contributed by atoms with Gasteiger partial charge in [-0.3, -0.25) is 0 Å². The van der Waals surface area contributed by atoms with E-state index in [2.05, 4.69) is 0 Å². The molecule has 0 unspecified atom stereocenters. The molecule has 0 radical (unpaired) electrons. The summed E-state index contributed by atoms with van der Waals surface area (Å²) in [5.74, 6) is -1.74. The van der Waals surface area contributed by atoms with Gasteiger partial charge in [-0.25, -0.2) is 13.2 Å². The molecule has 0 aliphatic carbocycles. The number of halogens is 3. The molecular weight excluding hydrogens is 335 g/mol. The van der Waals surface area contributed by atoms with Crippen LogP contribution in [-0.4, -0.2) is 25.2 Å². The van der Waals surface area contributed by atoms with E-state index in [0.717, 1.165) is 5.54 Å². The van der Waals surface area contributed by atoms with Crippen LogP contribution < -0.4 is 0 Å². The Labute approximate surface area is 125 Å². The van der Waals surface area contributed by atoms with Crippen LogP contribution in [0.4, 0.5) is 0 Å². The van der Waals surface area contributed by atoms with Gasteiger partial charge in [0.2, 0.25) is 0 Å². The lowest BCUT2D eigenvalue weighted by Crippen LogP contribution is -2.11. The number of sulfone groups is 1. The zero-order valence-electron chi connectivity index (χ0n) is 9.65. The lowest BCUT2D eigenvalue weighted by molar-refractivity contribution is 0.0697. The minimum absolute atomic E-state index is 0.124. The maximum absolute atomic E-state index is 12.1. The van der Waals surface area contributed by atoms with Crippen molar-refractivity contribution in [2.75, 3.05) is 5.75 Å². The van der Waals surface area contributed by atoms with Gasteiger partial charge in [0.1, 0.15) is 0 Å². The first-order valence-electron chi connectivity index (χ1n) is 4.90. The van der Waals surface area contributed by atoms with Crippen LogP contribution in [0.2, 0.25) is 10.0 Å². The topological polar surface area (TPSA) is 71.4 Å². The minimum Gasteiger partial charge on any atom is -0.478 e. The van der Waals surface area contributed by atoms with Crippen LogP contribution in [0.25, 0.3) is 0 Å². The van der Waals surface area contributed by atoms with Crippen molar-refractivity contribution in [2.24, 2.45) is 0 Å². The minimum atomic E-state index is -3.78. The fourth-order valence-corrected chi connectivity index (χ4v) is 3.92. The van der Waals surface area contributed by atoms with Crippen LogP contribution in [0.1, 0.15) is 17.3 Å². The fraction of sp³-hybridized carbons (Fsp3) is 0.182. The molecule has 1 rings (SSSR count). The van der Waals surface area contributed by atoms with E-state index < -0.39 is 26.4 Å². The largest absolute Gasteiger partial charge is 0.478 e. The summed E-state index contributed by atoms with van der Waals surface area (Å²) in [6.45, 7) is 1.53. The maximum atomic E-state index is 12.1. The normalized spacial score (nSPS) is 12.5. The highest BCUT2D eigenvalue weighted by Gasteiger charge is 2.24. The van der Waals surface area contributed by atoms with Crippen molar-refractivity contribution in [2.45, 2.75) is 11.8 Å². The molecule has 0 atom stereocenters. The second-order valence-corrected chi connectivity index (χ2v) is 6.72. The lowest BCUT2D eigenvalue weighted by atomic mass is 10.2. The van der Waals surface area contributed by atoms with Gasteiger partial charge in [-0.1, -0.05) is 34.8 Å². The fourth-order valence-electron chi connectivity index (χ4n) is 1.38. The highest BCUT2D eigenvalue weighted by molar-refractivity contribution is 7.91. The Kier molecular flexibility index (Phi) is 5.26. The Balaban J connectivity index is 3.45. The third-order valence-corrected chi connectivity index (χ3v) is 5.25. The Morgan fingerprint density at radius 2 is 1.95 bits per heavy atom. The van der Waals surface area contributed by atoms with Crippen molar-refractivity contribution in [1.82, 2.24) is 0 Å². The average Bonchev–Trinajstić information content (AvgIpc) is 2.27. The quantitative estimate of drug-likeness (QED) is 0.906. The Morgan fingerprint density at radius 3 is 2.42 bits per heavy atom.